The number of aliphatic carboxylic acids is 1. The topological polar surface area (TPSA) is 91.7 Å². The van der Waals surface area contributed by atoms with Gasteiger partial charge in [0, 0.05) is 5.56 Å². The molecule has 0 heterocycles. The molecule has 1 aliphatic rings. The van der Waals surface area contributed by atoms with Crippen molar-refractivity contribution in [3.8, 4) is 5.75 Å². The van der Waals surface area contributed by atoms with Crippen LogP contribution in [0.5, 0.6) is 5.75 Å². The largest absolute Gasteiger partial charge is 0.508 e. The van der Waals surface area contributed by atoms with Gasteiger partial charge in [0.05, 0.1) is 5.92 Å². The van der Waals surface area contributed by atoms with Gasteiger partial charge >= 0.3 is 5.97 Å². The van der Waals surface area contributed by atoms with E-state index in [1.165, 1.54) is 12.1 Å². The normalized spacial score (nSPS) is 18.6. The fourth-order valence-electron chi connectivity index (χ4n) is 2.03. The number of aryl methyl sites for hydroxylation is 1. The summed E-state index contributed by atoms with van der Waals surface area (Å²) in [5.74, 6) is -4.38. The van der Waals surface area contributed by atoms with Crippen LogP contribution in [0.4, 0.5) is 0 Å². The lowest BCUT2D eigenvalue weighted by Crippen LogP contribution is -2.33. The van der Waals surface area contributed by atoms with Gasteiger partial charge < -0.3 is 10.2 Å². The molecule has 1 aromatic carbocycles. The predicted octanol–water partition coefficient (Wildman–Crippen LogP) is 0.791. The highest BCUT2D eigenvalue weighted by Gasteiger charge is 2.36. The molecule has 1 aliphatic carbocycles. The average molecular weight is 234 g/mol. The first-order valence-corrected chi connectivity index (χ1v) is 5.14. The van der Waals surface area contributed by atoms with Crippen molar-refractivity contribution in [1.29, 1.82) is 0 Å². The first-order valence-electron chi connectivity index (χ1n) is 5.14. The third-order valence-corrected chi connectivity index (χ3v) is 2.91. The summed E-state index contributed by atoms with van der Waals surface area (Å²) in [6.07, 6.45) is 0.673. The quantitative estimate of drug-likeness (QED) is 0.583. The Morgan fingerprint density at radius 3 is 2.65 bits per heavy atom. The zero-order valence-corrected chi connectivity index (χ0v) is 8.84. The lowest BCUT2D eigenvalue weighted by atomic mass is 9.80. The maximum atomic E-state index is 11.9. The zero-order valence-electron chi connectivity index (χ0n) is 8.84. The Kier molecular flexibility index (Phi) is 2.67. The maximum absolute atomic E-state index is 11.9. The molecule has 0 aromatic heterocycles. The van der Waals surface area contributed by atoms with Gasteiger partial charge in [0.1, 0.15) is 5.75 Å². The van der Waals surface area contributed by atoms with Crippen LogP contribution in [0.25, 0.3) is 0 Å². The third kappa shape index (κ3) is 1.91. The number of hydrogen-bond donors (Lipinski definition) is 2. The predicted molar refractivity (Wildman–Crippen MR) is 56.9 cm³/mol. The lowest BCUT2D eigenvalue weighted by Gasteiger charge is -2.20. The van der Waals surface area contributed by atoms with Crippen molar-refractivity contribution in [2.45, 2.75) is 12.8 Å². The summed E-state index contributed by atoms with van der Waals surface area (Å²) in [7, 11) is 0. The van der Waals surface area contributed by atoms with E-state index in [0.29, 0.717) is 6.42 Å². The molecular weight excluding hydrogens is 224 g/mol. The minimum absolute atomic E-state index is 0.0690. The standard InChI is InChI=1S/C12H10O5/c13-7-3-1-6-2-4-8(11(15)12(16)17)10(14)9(6)5-7/h1,3,5,8,13H,2,4H2,(H,16,17). The molecule has 0 spiro atoms. The van der Waals surface area contributed by atoms with Crippen LogP contribution in [-0.4, -0.2) is 27.7 Å². The molecule has 0 saturated heterocycles. The summed E-state index contributed by atoms with van der Waals surface area (Å²) in [5, 5.41) is 17.9. The van der Waals surface area contributed by atoms with Crippen LogP contribution in [0.3, 0.4) is 0 Å². The number of Topliss-reactive ketones (excluding diaryl/α,β-unsaturated/α-hetero) is 2. The highest BCUT2D eigenvalue weighted by atomic mass is 16.4. The smallest absolute Gasteiger partial charge is 0.372 e. The van der Waals surface area contributed by atoms with Crippen LogP contribution < -0.4 is 0 Å². The molecule has 0 saturated carbocycles. The van der Waals surface area contributed by atoms with Gasteiger partial charge in [0.15, 0.2) is 5.78 Å². The molecular formula is C12H10O5. The van der Waals surface area contributed by atoms with Crippen LogP contribution in [-0.2, 0) is 16.0 Å². The minimum atomic E-state index is -1.59. The summed E-state index contributed by atoms with van der Waals surface area (Å²) in [4.78, 5) is 33.8. The van der Waals surface area contributed by atoms with Gasteiger partial charge in [-0.1, -0.05) is 6.07 Å². The molecule has 1 aromatic rings. The Balaban J connectivity index is 2.39. The first kappa shape index (κ1) is 11.3. The van der Waals surface area contributed by atoms with Crippen molar-refractivity contribution in [2.75, 3.05) is 0 Å². The molecule has 0 bridgehead atoms. The lowest BCUT2D eigenvalue weighted by molar-refractivity contribution is -0.150. The fourth-order valence-corrected chi connectivity index (χ4v) is 2.03. The van der Waals surface area contributed by atoms with Crippen LogP contribution in [0.1, 0.15) is 22.3 Å². The van der Waals surface area contributed by atoms with Gasteiger partial charge in [-0.15, -0.1) is 0 Å². The molecule has 0 fully saturated rings. The van der Waals surface area contributed by atoms with Crippen LogP contribution in [0.15, 0.2) is 18.2 Å². The van der Waals surface area contributed by atoms with Crippen molar-refractivity contribution < 1.29 is 24.6 Å². The number of ketones is 2. The number of aromatic hydroxyl groups is 1. The second kappa shape index (κ2) is 4.01. The zero-order chi connectivity index (χ0) is 12.6. The Morgan fingerprint density at radius 1 is 1.29 bits per heavy atom. The summed E-state index contributed by atoms with van der Waals surface area (Å²) in [5.41, 5.74) is 0.984. The fraction of sp³-hybridized carbons (Fsp3) is 0.250. The van der Waals surface area contributed by atoms with Crippen molar-refractivity contribution >= 4 is 17.5 Å². The second-order valence-corrected chi connectivity index (χ2v) is 3.97. The molecule has 17 heavy (non-hydrogen) atoms. The van der Waals surface area contributed by atoms with Crippen molar-refractivity contribution in [2.24, 2.45) is 5.92 Å². The van der Waals surface area contributed by atoms with Crippen LogP contribution in [0, 0.1) is 5.92 Å². The van der Waals surface area contributed by atoms with E-state index in [2.05, 4.69) is 0 Å². The van der Waals surface area contributed by atoms with E-state index in [0.717, 1.165) is 5.56 Å². The number of carbonyl (C=O) groups excluding carboxylic acids is 2. The van der Waals surface area contributed by atoms with E-state index in [9.17, 15) is 19.5 Å². The van der Waals surface area contributed by atoms with Gasteiger partial charge in [0.2, 0.25) is 0 Å². The molecule has 5 nitrogen and oxygen atoms in total. The third-order valence-electron chi connectivity index (χ3n) is 2.91. The summed E-state index contributed by atoms with van der Waals surface area (Å²) in [6, 6.07) is 4.36. The van der Waals surface area contributed by atoms with E-state index >= 15 is 0 Å². The summed E-state index contributed by atoms with van der Waals surface area (Å²) < 4.78 is 0. The molecule has 1 atom stereocenters. The van der Waals surface area contributed by atoms with Crippen molar-refractivity contribution in [3.63, 3.8) is 0 Å². The molecule has 0 radical (unpaired) electrons. The minimum Gasteiger partial charge on any atom is -0.508 e. The number of rotatable bonds is 2. The Hall–Kier alpha value is -2.17. The van der Waals surface area contributed by atoms with Gasteiger partial charge in [-0.2, -0.15) is 0 Å². The molecule has 88 valence electrons. The number of benzene rings is 1. The van der Waals surface area contributed by atoms with E-state index < -0.39 is 23.5 Å². The van der Waals surface area contributed by atoms with E-state index in [1.807, 2.05) is 0 Å². The molecule has 0 amide bonds. The number of phenolic OH excluding ortho intramolecular Hbond substituents is 1. The van der Waals surface area contributed by atoms with Crippen LogP contribution in [0.2, 0.25) is 0 Å². The van der Waals surface area contributed by atoms with Crippen molar-refractivity contribution in [1.82, 2.24) is 0 Å². The highest BCUT2D eigenvalue weighted by Crippen LogP contribution is 2.28. The number of carboxylic acid groups (broad SMARTS) is 1. The molecule has 5 heteroatoms. The van der Waals surface area contributed by atoms with E-state index in [4.69, 9.17) is 5.11 Å². The average Bonchev–Trinajstić information content (AvgIpc) is 2.29. The van der Waals surface area contributed by atoms with Gasteiger partial charge in [-0.05, 0) is 30.5 Å². The van der Waals surface area contributed by atoms with E-state index in [-0.39, 0.29) is 17.7 Å². The Labute approximate surface area is 96.7 Å². The van der Waals surface area contributed by atoms with Crippen molar-refractivity contribution in [3.05, 3.63) is 29.3 Å². The maximum Gasteiger partial charge on any atom is 0.372 e. The molecule has 2 rings (SSSR count). The van der Waals surface area contributed by atoms with Gasteiger partial charge in [-0.3, -0.25) is 9.59 Å². The first-order chi connectivity index (χ1) is 8.00. The van der Waals surface area contributed by atoms with Gasteiger partial charge in [0.25, 0.3) is 5.78 Å². The number of hydrogen-bond acceptors (Lipinski definition) is 4. The number of carboxylic acids is 1. The summed E-state index contributed by atoms with van der Waals surface area (Å²) >= 11 is 0. The SMILES string of the molecule is O=C(O)C(=O)C1CCc2ccc(O)cc2C1=O. The second-order valence-electron chi connectivity index (χ2n) is 3.97. The monoisotopic (exact) mass is 234 g/mol. The number of carbonyl (C=O) groups is 3. The Bertz CT molecular complexity index is 518. The number of fused-ring (bicyclic) bond motifs is 1. The molecule has 2 N–H and O–H groups in total. The van der Waals surface area contributed by atoms with Gasteiger partial charge in [-0.25, -0.2) is 4.79 Å². The highest BCUT2D eigenvalue weighted by molar-refractivity contribution is 6.39. The summed E-state index contributed by atoms with van der Waals surface area (Å²) in [6.45, 7) is 0. The molecule has 1 unspecified atom stereocenters. The van der Waals surface area contributed by atoms with E-state index in [1.54, 1.807) is 6.07 Å². The van der Waals surface area contributed by atoms with Crippen LogP contribution >= 0.6 is 0 Å². The number of phenols is 1. The Morgan fingerprint density at radius 2 is 2.00 bits per heavy atom. The molecule has 0 aliphatic heterocycles.